The predicted octanol–water partition coefficient (Wildman–Crippen LogP) is 2.65. The van der Waals surface area contributed by atoms with Gasteiger partial charge in [0.1, 0.15) is 0 Å². The highest BCUT2D eigenvalue weighted by Crippen LogP contribution is 2.16. The van der Waals surface area contributed by atoms with Gasteiger partial charge >= 0.3 is 0 Å². The molecule has 0 saturated carbocycles. The zero-order valence-corrected chi connectivity index (χ0v) is 15.6. The van der Waals surface area contributed by atoms with Crippen molar-refractivity contribution in [1.29, 1.82) is 0 Å². The first-order valence-electron chi connectivity index (χ1n) is 8.22. The maximum absolute atomic E-state index is 12.5. The van der Waals surface area contributed by atoms with Crippen LogP contribution in [0.25, 0.3) is 0 Å². The molecule has 1 atom stereocenters. The van der Waals surface area contributed by atoms with E-state index in [0.29, 0.717) is 5.56 Å². The molecule has 6 heteroatoms. The summed E-state index contributed by atoms with van der Waals surface area (Å²) in [5.41, 5.74) is 2.34. The Kier molecular flexibility index (Phi) is 6.33. The van der Waals surface area contributed by atoms with Crippen LogP contribution in [0.3, 0.4) is 0 Å². The van der Waals surface area contributed by atoms with Crippen LogP contribution in [0, 0.1) is 6.92 Å². The lowest BCUT2D eigenvalue weighted by Crippen LogP contribution is -2.33. The monoisotopic (exact) mass is 360 g/mol. The van der Waals surface area contributed by atoms with Crippen molar-refractivity contribution in [2.24, 2.45) is 0 Å². The SMILES string of the molecule is CNS(=O)(=O)c1ccc(C)c(C(=O)NC(C)CCc2ccccc2)c1. The first kappa shape index (κ1) is 19.1. The third-order valence-corrected chi connectivity index (χ3v) is 5.53. The fourth-order valence-corrected chi connectivity index (χ4v) is 3.29. The minimum atomic E-state index is -3.58. The van der Waals surface area contributed by atoms with Gasteiger partial charge in [0.05, 0.1) is 4.90 Å². The Morgan fingerprint density at radius 1 is 1.12 bits per heavy atom. The van der Waals surface area contributed by atoms with Crippen molar-refractivity contribution in [2.75, 3.05) is 7.05 Å². The molecule has 2 aromatic rings. The van der Waals surface area contributed by atoms with Crippen LogP contribution in [0.4, 0.5) is 0 Å². The molecular weight excluding hydrogens is 336 g/mol. The first-order valence-corrected chi connectivity index (χ1v) is 9.71. The molecule has 134 valence electrons. The molecule has 1 unspecified atom stereocenters. The topological polar surface area (TPSA) is 75.3 Å². The lowest BCUT2D eigenvalue weighted by Gasteiger charge is -2.15. The number of amides is 1. The Balaban J connectivity index is 2.06. The summed E-state index contributed by atoms with van der Waals surface area (Å²) in [7, 11) is -2.23. The lowest BCUT2D eigenvalue weighted by molar-refractivity contribution is 0.0937. The molecule has 0 bridgehead atoms. The van der Waals surface area contributed by atoms with E-state index in [0.717, 1.165) is 18.4 Å². The summed E-state index contributed by atoms with van der Waals surface area (Å²) >= 11 is 0. The summed E-state index contributed by atoms with van der Waals surface area (Å²) in [6, 6.07) is 14.6. The minimum absolute atomic E-state index is 0.0170. The lowest BCUT2D eigenvalue weighted by atomic mass is 10.0. The quantitative estimate of drug-likeness (QED) is 0.797. The van der Waals surface area contributed by atoms with E-state index in [2.05, 4.69) is 22.2 Å². The Bertz CT molecular complexity index is 833. The Morgan fingerprint density at radius 3 is 2.44 bits per heavy atom. The third kappa shape index (κ3) is 5.14. The second kappa shape index (κ2) is 8.27. The number of aryl methyl sites for hydroxylation is 2. The van der Waals surface area contributed by atoms with Gasteiger partial charge in [0, 0.05) is 11.6 Å². The predicted molar refractivity (Wildman–Crippen MR) is 99.1 cm³/mol. The van der Waals surface area contributed by atoms with Crippen molar-refractivity contribution in [3.63, 3.8) is 0 Å². The normalized spacial score (nSPS) is 12.6. The van der Waals surface area contributed by atoms with E-state index in [9.17, 15) is 13.2 Å². The van der Waals surface area contributed by atoms with Gasteiger partial charge in [-0.2, -0.15) is 0 Å². The highest BCUT2D eigenvalue weighted by atomic mass is 32.2. The fraction of sp³-hybridized carbons (Fsp3) is 0.316. The van der Waals surface area contributed by atoms with Crippen molar-refractivity contribution in [3.8, 4) is 0 Å². The van der Waals surface area contributed by atoms with Gasteiger partial charge in [-0.15, -0.1) is 0 Å². The molecule has 0 saturated heterocycles. The van der Waals surface area contributed by atoms with Gasteiger partial charge in [-0.05, 0) is 57.0 Å². The molecular formula is C19H24N2O3S. The zero-order valence-electron chi connectivity index (χ0n) is 14.7. The van der Waals surface area contributed by atoms with Gasteiger partial charge < -0.3 is 5.32 Å². The molecule has 0 heterocycles. The van der Waals surface area contributed by atoms with Gasteiger partial charge in [-0.1, -0.05) is 36.4 Å². The van der Waals surface area contributed by atoms with Crippen LogP contribution in [0.5, 0.6) is 0 Å². The largest absolute Gasteiger partial charge is 0.350 e. The molecule has 25 heavy (non-hydrogen) atoms. The van der Waals surface area contributed by atoms with Gasteiger partial charge in [-0.3, -0.25) is 4.79 Å². The average Bonchev–Trinajstić information content (AvgIpc) is 2.61. The Labute approximate surface area is 149 Å². The number of hydrogen-bond acceptors (Lipinski definition) is 3. The number of carbonyl (C=O) groups excluding carboxylic acids is 1. The Hall–Kier alpha value is -2.18. The summed E-state index contributed by atoms with van der Waals surface area (Å²) in [6.07, 6.45) is 1.68. The summed E-state index contributed by atoms with van der Waals surface area (Å²) in [5.74, 6) is -0.258. The smallest absolute Gasteiger partial charge is 0.251 e. The van der Waals surface area contributed by atoms with E-state index in [-0.39, 0.29) is 16.8 Å². The van der Waals surface area contributed by atoms with Crippen LogP contribution in [0.1, 0.15) is 34.8 Å². The number of carbonyl (C=O) groups is 1. The molecule has 0 radical (unpaired) electrons. The molecule has 0 aromatic heterocycles. The second-order valence-corrected chi connectivity index (χ2v) is 7.97. The standard InChI is InChI=1S/C19H24N2O3S/c1-14-9-12-17(25(23,24)20-3)13-18(14)19(22)21-15(2)10-11-16-7-5-4-6-8-16/h4-9,12-13,15,20H,10-11H2,1-3H3,(H,21,22). The molecule has 0 aliphatic heterocycles. The van der Waals surface area contributed by atoms with E-state index < -0.39 is 10.0 Å². The van der Waals surface area contributed by atoms with Crippen LogP contribution < -0.4 is 10.0 Å². The third-order valence-electron chi connectivity index (χ3n) is 4.12. The summed E-state index contributed by atoms with van der Waals surface area (Å²) in [4.78, 5) is 12.6. The molecule has 0 fully saturated rings. The average molecular weight is 360 g/mol. The molecule has 2 rings (SSSR count). The molecule has 0 spiro atoms. The fourth-order valence-electron chi connectivity index (χ4n) is 2.53. The second-order valence-electron chi connectivity index (χ2n) is 6.08. The number of nitrogens with one attached hydrogen (secondary N) is 2. The molecule has 1 amide bonds. The highest BCUT2D eigenvalue weighted by molar-refractivity contribution is 7.89. The van der Waals surface area contributed by atoms with Gasteiger partial charge in [0.15, 0.2) is 0 Å². The van der Waals surface area contributed by atoms with Crippen LogP contribution in [-0.4, -0.2) is 27.4 Å². The maximum atomic E-state index is 12.5. The van der Waals surface area contributed by atoms with E-state index in [1.54, 1.807) is 13.0 Å². The first-order chi connectivity index (χ1) is 11.8. The number of benzene rings is 2. The van der Waals surface area contributed by atoms with Crippen molar-refractivity contribution in [3.05, 3.63) is 65.2 Å². The van der Waals surface area contributed by atoms with Crippen molar-refractivity contribution in [1.82, 2.24) is 10.0 Å². The van der Waals surface area contributed by atoms with Crippen LogP contribution in [-0.2, 0) is 16.4 Å². The van der Waals surface area contributed by atoms with E-state index >= 15 is 0 Å². The molecule has 2 aromatic carbocycles. The van der Waals surface area contributed by atoms with E-state index in [1.807, 2.05) is 25.1 Å². The highest BCUT2D eigenvalue weighted by Gasteiger charge is 2.17. The van der Waals surface area contributed by atoms with E-state index in [1.165, 1.54) is 24.7 Å². The van der Waals surface area contributed by atoms with E-state index in [4.69, 9.17) is 0 Å². The minimum Gasteiger partial charge on any atom is -0.350 e. The van der Waals surface area contributed by atoms with Gasteiger partial charge in [-0.25, -0.2) is 13.1 Å². The number of hydrogen-bond donors (Lipinski definition) is 2. The van der Waals surface area contributed by atoms with Crippen LogP contribution in [0.2, 0.25) is 0 Å². The molecule has 2 N–H and O–H groups in total. The maximum Gasteiger partial charge on any atom is 0.251 e. The van der Waals surface area contributed by atoms with Gasteiger partial charge in [0.2, 0.25) is 10.0 Å². The van der Waals surface area contributed by atoms with Crippen molar-refractivity contribution >= 4 is 15.9 Å². The van der Waals surface area contributed by atoms with Crippen LogP contribution in [0.15, 0.2) is 53.4 Å². The number of rotatable bonds is 7. The Morgan fingerprint density at radius 2 is 1.80 bits per heavy atom. The van der Waals surface area contributed by atoms with Crippen LogP contribution >= 0.6 is 0 Å². The van der Waals surface area contributed by atoms with Crippen molar-refractivity contribution in [2.45, 2.75) is 37.6 Å². The van der Waals surface area contributed by atoms with Crippen molar-refractivity contribution < 1.29 is 13.2 Å². The number of sulfonamides is 1. The zero-order chi connectivity index (χ0) is 18.4. The summed E-state index contributed by atoms with van der Waals surface area (Å²) in [5, 5.41) is 2.95. The molecule has 0 aliphatic carbocycles. The summed E-state index contributed by atoms with van der Waals surface area (Å²) < 4.78 is 26.1. The molecule has 0 aliphatic rings. The summed E-state index contributed by atoms with van der Waals surface area (Å²) in [6.45, 7) is 3.74. The van der Waals surface area contributed by atoms with Gasteiger partial charge in [0.25, 0.3) is 5.91 Å². The molecule has 5 nitrogen and oxygen atoms in total.